The molecule has 1 aromatic carbocycles. The summed E-state index contributed by atoms with van der Waals surface area (Å²) in [5.41, 5.74) is 2.84. The van der Waals surface area contributed by atoms with Crippen molar-refractivity contribution in [3.8, 4) is 0 Å². The first-order chi connectivity index (χ1) is 7.47. The Kier molecular flexibility index (Phi) is 3.23. The average Bonchev–Trinajstić information content (AvgIpc) is 2.80. The number of fused-ring (bicyclic) bond motifs is 1. The number of benzene rings is 1. The number of hydrogen-bond acceptors (Lipinski definition) is 2. The molecule has 1 aromatic heterocycles. The molecule has 0 saturated heterocycles. The van der Waals surface area contributed by atoms with E-state index in [0.29, 0.717) is 0 Å². The lowest BCUT2D eigenvalue weighted by Gasteiger charge is -1.93. The van der Waals surface area contributed by atoms with Crippen LogP contribution >= 0.6 is 0 Å². The molecule has 0 amide bonds. The smallest absolute Gasteiger partial charge is 0.115 e. The molecule has 0 atom stereocenters. The van der Waals surface area contributed by atoms with Gasteiger partial charge in [-0.2, -0.15) is 0 Å². The minimum Gasteiger partial charge on any atom is -0.245 e. The largest absolute Gasteiger partial charge is 0.245 e. The van der Waals surface area contributed by atoms with Gasteiger partial charge in [-0.05, 0) is 23.6 Å². The van der Waals surface area contributed by atoms with E-state index in [2.05, 4.69) is 46.4 Å². The highest BCUT2D eigenvalue weighted by Crippen LogP contribution is 2.17. The van der Waals surface area contributed by atoms with Gasteiger partial charge in [-0.3, -0.25) is 0 Å². The zero-order valence-corrected chi connectivity index (χ0v) is 8.38. The van der Waals surface area contributed by atoms with Gasteiger partial charge in [0.25, 0.3) is 0 Å². The van der Waals surface area contributed by atoms with Gasteiger partial charge in [-0.25, -0.2) is 9.97 Å². The van der Waals surface area contributed by atoms with Crippen LogP contribution in [0, 0.1) is 0 Å². The fraction of sp³-hybridized carbons (Fsp3) is 0.0769. The maximum Gasteiger partial charge on any atom is 0.115 e. The molecule has 1 heterocycles. The van der Waals surface area contributed by atoms with Crippen molar-refractivity contribution in [2.75, 3.05) is 0 Å². The first-order valence-electron chi connectivity index (χ1n) is 4.91. The maximum atomic E-state index is 3.67. The second-order valence-corrected chi connectivity index (χ2v) is 3.21. The van der Waals surface area contributed by atoms with E-state index in [4.69, 9.17) is 0 Å². The zero-order valence-electron chi connectivity index (χ0n) is 8.38. The maximum absolute atomic E-state index is 3.67. The molecule has 1 aliphatic rings. The normalized spacial score (nSPS) is 11.5. The zero-order chi connectivity index (χ0) is 10.3. The standard InChI is InChI=1S/C9H8.C4H4N2/c1-2-5-9-7-3-6-8(9)4-1;1-2-5-4-6-3-1/h1-6H,7H2;1-4H. The van der Waals surface area contributed by atoms with Crippen LogP contribution in [0.5, 0.6) is 0 Å². The molecule has 74 valence electrons. The van der Waals surface area contributed by atoms with Crippen LogP contribution in [0.15, 0.2) is 55.1 Å². The molecule has 1 aliphatic carbocycles. The topological polar surface area (TPSA) is 25.8 Å². The molecule has 0 bridgehead atoms. The molecule has 2 aromatic rings. The Bertz CT molecular complexity index is 409. The van der Waals surface area contributed by atoms with Gasteiger partial charge in [0.15, 0.2) is 0 Å². The monoisotopic (exact) mass is 196 g/mol. The molecule has 0 spiro atoms. The number of aromatic nitrogens is 2. The van der Waals surface area contributed by atoms with E-state index in [-0.39, 0.29) is 0 Å². The first-order valence-corrected chi connectivity index (χ1v) is 4.91. The van der Waals surface area contributed by atoms with Crippen LogP contribution in [0.2, 0.25) is 0 Å². The van der Waals surface area contributed by atoms with E-state index in [1.165, 1.54) is 17.5 Å². The van der Waals surface area contributed by atoms with Gasteiger partial charge in [-0.15, -0.1) is 0 Å². The third kappa shape index (κ3) is 2.74. The lowest BCUT2D eigenvalue weighted by molar-refractivity contribution is 1.17. The van der Waals surface area contributed by atoms with Crippen molar-refractivity contribution in [3.05, 3.63) is 66.3 Å². The molecule has 15 heavy (non-hydrogen) atoms. The van der Waals surface area contributed by atoms with Crippen LogP contribution in [0.3, 0.4) is 0 Å². The van der Waals surface area contributed by atoms with Crippen LogP contribution in [0.25, 0.3) is 6.08 Å². The molecular formula is C13H12N2. The number of hydrogen-bond donors (Lipinski definition) is 0. The van der Waals surface area contributed by atoms with Gasteiger partial charge < -0.3 is 0 Å². The second-order valence-electron chi connectivity index (χ2n) is 3.21. The fourth-order valence-electron chi connectivity index (χ4n) is 1.45. The Labute approximate surface area is 89.3 Å². The van der Waals surface area contributed by atoms with E-state index < -0.39 is 0 Å². The lowest BCUT2D eigenvalue weighted by atomic mass is 10.1. The highest BCUT2D eigenvalue weighted by molar-refractivity contribution is 5.59. The fourth-order valence-corrected chi connectivity index (χ4v) is 1.45. The summed E-state index contributed by atoms with van der Waals surface area (Å²) < 4.78 is 0. The van der Waals surface area contributed by atoms with Crippen molar-refractivity contribution >= 4 is 6.08 Å². The summed E-state index contributed by atoms with van der Waals surface area (Å²) in [4.78, 5) is 7.35. The van der Waals surface area contributed by atoms with Gasteiger partial charge >= 0.3 is 0 Å². The predicted molar refractivity (Wildman–Crippen MR) is 61.2 cm³/mol. The van der Waals surface area contributed by atoms with Gasteiger partial charge in [0, 0.05) is 12.4 Å². The summed E-state index contributed by atoms with van der Waals surface area (Å²) in [6, 6.07) is 10.3. The highest BCUT2D eigenvalue weighted by Gasteiger charge is 2.00. The Morgan fingerprint density at radius 2 is 1.73 bits per heavy atom. The molecular weight excluding hydrogens is 184 g/mol. The third-order valence-corrected chi connectivity index (χ3v) is 2.17. The minimum atomic E-state index is 1.12. The van der Waals surface area contributed by atoms with Crippen molar-refractivity contribution in [1.29, 1.82) is 0 Å². The van der Waals surface area contributed by atoms with Gasteiger partial charge in [-0.1, -0.05) is 36.4 Å². The van der Waals surface area contributed by atoms with Gasteiger partial charge in [0.2, 0.25) is 0 Å². The van der Waals surface area contributed by atoms with Crippen LogP contribution in [0.4, 0.5) is 0 Å². The average molecular weight is 196 g/mol. The van der Waals surface area contributed by atoms with Crippen molar-refractivity contribution in [1.82, 2.24) is 9.97 Å². The molecule has 0 unspecified atom stereocenters. The first kappa shape index (κ1) is 9.59. The Balaban J connectivity index is 0.000000124. The molecule has 2 heteroatoms. The molecule has 0 saturated carbocycles. The Morgan fingerprint density at radius 3 is 2.33 bits per heavy atom. The van der Waals surface area contributed by atoms with E-state index >= 15 is 0 Å². The van der Waals surface area contributed by atoms with Gasteiger partial charge in [0.05, 0.1) is 0 Å². The van der Waals surface area contributed by atoms with E-state index in [1.54, 1.807) is 18.5 Å². The van der Waals surface area contributed by atoms with Crippen molar-refractivity contribution in [2.24, 2.45) is 0 Å². The molecule has 0 fully saturated rings. The van der Waals surface area contributed by atoms with E-state index in [9.17, 15) is 0 Å². The summed E-state index contributed by atoms with van der Waals surface area (Å²) in [5, 5.41) is 0. The quantitative estimate of drug-likeness (QED) is 0.647. The lowest BCUT2D eigenvalue weighted by Crippen LogP contribution is -1.76. The van der Waals surface area contributed by atoms with Crippen LogP contribution < -0.4 is 0 Å². The van der Waals surface area contributed by atoms with E-state index in [1.807, 2.05) is 0 Å². The number of rotatable bonds is 0. The summed E-state index contributed by atoms with van der Waals surface area (Å²) in [6.07, 6.45) is 10.4. The molecule has 0 N–H and O–H groups in total. The summed E-state index contributed by atoms with van der Waals surface area (Å²) in [6.45, 7) is 0. The third-order valence-electron chi connectivity index (χ3n) is 2.17. The summed E-state index contributed by atoms with van der Waals surface area (Å²) in [7, 11) is 0. The highest BCUT2D eigenvalue weighted by atomic mass is 14.8. The van der Waals surface area contributed by atoms with Crippen LogP contribution in [-0.4, -0.2) is 9.97 Å². The second kappa shape index (κ2) is 5.05. The van der Waals surface area contributed by atoms with Gasteiger partial charge in [0.1, 0.15) is 6.33 Å². The molecule has 3 rings (SSSR count). The van der Waals surface area contributed by atoms with E-state index in [0.717, 1.165) is 6.42 Å². The molecule has 0 aliphatic heterocycles. The van der Waals surface area contributed by atoms with Crippen molar-refractivity contribution in [2.45, 2.75) is 6.42 Å². The minimum absolute atomic E-state index is 1.12. The Morgan fingerprint density at radius 1 is 0.933 bits per heavy atom. The Hall–Kier alpha value is -1.96. The SMILES string of the molecule is C1=Cc2ccccc2C1.c1cncnc1. The summed E-state index contributed by atoms with van der Waals surface area (Å²) >= 11 is 0. The van der Waals surface area contributed by atoms with Crippen molar-refractivity contribution < 1.29 is 0 Å². The predicted octanol–water partition coefficient (Wildman–Crippen LogP) is 2.73. The number of nitrogens with zero attached hydrogens (tertiary/aromatic N) is 2. The number of allylic oxidation sites excluding steroid dienone is 1. The molecule has 2 nitrogen and oxygen atoms in total. The summed E-state index contributed by atoms with van der Waals surface area (Å²) in [5.74, 6) is 0. The van der Waals surface area contributed by atoms with Crippen LogP contribution in [-0.2, 0) is 6.42 Å². The van der Waals surface area contributed by atoms with Crippen molar-refractivity contribution in [3.63, 3.8) is 0 Å². The van der Waals surface area contributed by atoms with Crippen LogP contribution in [0.1, 0.15) is 11.1 Å². The molecule has 0 radical (unpaired) electrons.